The zero-order chi connectivity index (χ0) is 32.8. The summed E-state index contributed by atoms with van der Waals surface area (Å²) in [6.45, 7) is 9.88. The third kappa shape index (κ3) is 6.56. The van der Waals surface area contributed by atoms with Crippen molar-refractivity contribution in [1.29, 1.82) is 0 Å². The number of nitrogens with one attached hydrogen (secondary N) is 2. The maximum absolute atomic E-state index is 14.5. The number of benzene rings is 1. The number of carbonyl (C=O) groups is 1. The predicted octanol–water partition coefficient (Wildman–Crippen LogP) is 5.73. The summed E-state index contributed by atoms with van der Waals surface area (Å²) in [5.74, 6) is 1.01. The molecule has 5 N–H and O–H groups in total. The van der Waals surface area contributed by atoms with Crippen LogP contribution in [0.1, 0.15) is 81.0 Å². The highest BCUT2D eigenvalue weighted by Gasteiger charge is 2.51. The number of aromatic nitrogens is 2. The number of aliphatic hydroxyl groups excluding tert-OH is 1. The molecule has 0 spiro atoms. The smallest absolute Gasteiger partial charge is 0.393 e. The van der Waals surface area contributed by atoms with Crippen LogP contribution in [0.3, 0.4) is 0 Å². The number of aryl methyl sites for hydroxylation is 1. The molecule has 1 aromatic heterocycles. The van der Waals surface area contributed by atoms with E-state index >= 15 is 0 Å². The lowest BCUT2D eigenvalue weighted by Crippen LogP contribution is -2.52. The number of allylic oxidation sites excluding steroid dienone is 1. The van der Waals surface area contributed by atoms with Crippen LogP contribution in [0.25, 0.3) is 0 Å². The number of nitrogens with two attached hydrogens (primary N) is 1. The van der Waals surface area contributed by atoms with Crippen molar-refractivity contribution in [3.8, 4) is 0 Å². The normalized spacial score (nSPS) is 26.2. The van der Waals surface area contributed by atoms with Gasteiger partial charge in [-0.05, 0) is 80.4 Å². The molecule has 2 atom stereocenters. The van der Waals surface area contributed by atoms with Gasteiger partial charge in [-0.25, -0.2) is 9.97 Å². The Bertz CT molecular complexity index is 1480. The summed E-state index contributed by atoms with van der Waals surface area (Å²) in [6.07, 6.45) is 3.16. The Labute approximate surface area is 268 Å². The predicted molar refractivity (Wildman–Crippen MR) is 173 cm³/mol. The number of amides is 1. The molecule has 46 heavy (non-hydrogen) atoms. The minimum atomic E-state index is -4.59. The molecule has 250 valence electrons. The molecule has 1 aliphatic heterocycles. The molecule has 1 aromatic carbocycles. The number of fused-ring (bicyclic) bond motifs is 1. The van der Waals surface area contributed by atoms with E-state index in [9.17, 15) is 23.1 Å². The Morgan fingerprint density at radius 1 is 1.09 bits per heavy atom. The molecule has 0 unspecified atom stereocenters. The first-order valence-corrected chi connectivity index (χ1v) is 16.6. The highest BCUT2D eigenvalue weighted by molar-refractivity contribution is 5.96. The van der Waals surface area contributed by atoms with E-state index in [0.29, 0.717) is 68.3 Å². The van der Waals surface area contributed by atoms with E-state index in [1.807, 2.05) is 11.8 Å². The minimum absolute atomic E-state index is 0.00416. The monoisotopic (exact) mass is 641 g/mol. The SMILES string of the molecule is CCc1nc(C(N)=O)c(Nc2ccc(N3CCN(CC4=CC[C@H]5C[C@@H]4C5(C)C)CC3)c(C(F)(F)F)c2)nc1NC1CCC(O)CC1. The largest absolute Gasteiger partial charge is 0.418 e. The molecule has 4 aliphatic carbocycles. The number of hydrogen-bond donors (Lipinski definition) is 4. The van der Waals surface area contributed by atoms with Crippen molar-refractivity contribution in [3.05, 3.63) is 46.8 Å². The van der Waals surface area contributed by atoms with Gasteiger partial charge in [-0.1, -0.05) is 32.4 Å². The van der Waals surface area contributed by atoms with Gasteiger partial charge in [0, 0.05) is 50.1 Å². The number of primary amides is 1. The van der Waals surface area contributed by atoms with E-state index in [-0.39, 0.29) is 35.0 Å². The van der Waals surface area contributed by atoms with Crippen molar-refractivity contribution in [2.45, 2.75) is 84.0 Å². The number of carbonyl (C=O) groups excluding carboxylic acids is 1. The first-order chi connectivity index (χ1) is 21.8. The van der Waals surface area contributed by atoms with E-state index in [2.05, 4.69) is 45.4 Å². The zero-order valence-electron chi connectivity index (χ0n) is 27.0. The maximum Gasteiger partial charge on any atom is 0.418 e. The lowest BCUT2D eigenvalue weighted by atomic mass is 9.49. The van der Waals surface area contributed by atoms with Crippen LogP contribution in [0.5, 0.6) is 0 Å². The highest BCUT2D eigenvalue weighted by Crippen LogP contribution is 2.59. The summed E-state index contributed by atoms with van der Waals surface area (Å²) in [4.78, 5) is 25.6. The van der Waals surface area contributed by atoms with E-state index in [1.165, 1.54) is 18.1 Å². The third-order valence-corrected chi connectivity index (χ3v) is 10.8. The van der Waals surface area contributed by atoms with Crippen LogP contribution >= 0.6 is 0 Å². The second-order valence-electron chi connectivity index (χ2n) is 14.0. The first-order valence-electron chi connectivity index (χ1n) is 16.6. The average molecular weight is 642 g/mol. The Hall–Kier alpha value is -3.38. The number of anilines is 4. The molecule has 1 saturated heterocycles. The Morgan fingerprint density at radius 3 is 2.41 bits per heavy atom. The molecule has 2 aromatic rings. The molecule has 7 rings (SSSR count). The fraction of sp³-hybridized carbons (Fsp3) is 0.618. The summed E-state index contributed by atoms with van der Waals surface area (Å²) in [5, 5.41) is 16.2. The summed E-state index contributed by atoms with van der Waals surface area (Å²) in [5.41, 5.74) is 7.40. The van der Waals surface area contributed by atoms with Gasteiger partial charge in [0.15, 0.2) is 11.5 Å². The van der Waals surface area contributed by atoms with Crippen molar-refractivity contribution < 1.29 is 23.1 Å². The van der Waals surface area contributed by atoms with Gasteiger partial charge in [0.2, 0.25) is 0 Å². The van der Waals surface area contributed by atoms with Crippen LogP contribution in [0.2, 0.25) is 0 Å². The fourth-order valence-electron chi connectivity index (χ4n) is 7.82. The second kappa shape index (κ2) is 12.7. The Morgan fingerprint density at radius 2 is 1.80 bits per heavy atom. The van der Waals surface area contributed by atoms with Crippen LogP contribution in [0.4, 0.5) is 36.2 Å². The van der Waals surface area contributed by atoms with Crippen LogP contribution in [0.15, 0.2) is 29.8 Å². The lowest BCUT2D eigenvalue weighted by molar-refractivity contribution is -0.137. The summed E-state index contributed by atoms with van der Waals surface area (Å²) >= 11 is 0. The molecule has 2 saturated carbocycles. The summed E-state index contributed by atoms with van der Waals surface area (Å²) in [6, 6.07) is 4.20. The van der Waals surface area contributed by atoms with Crippen molar-refractivity contribution in [2.24, 2.45) is 23.0 Å². The van der Waals surface area contributed by atoms with E-state index in [1.54, 1.807) is 6.07 Å². The van der Waals surface area contributed by atoms with Crippen molar-refractivity contribution >= 4 is 28.9 Å². The number of hydrogen-bond acceptors (Lipinski definition) is 8. The van der Waals surface area contributed by atoms with Gasteiger partial charge >= 0.3 is 6.18 Å². The summed E-state index contributed by atoms with van der Waals surface area (Å²) in [7, 11) is 0. The van der Waals surface area contributed by atoms with Gasteiger partial charge in [-0.2, -0.15) is 13.2 Å². The van der Waals surface area contributed by atoms with E-state index < -0.39 is 17.6 Å². The van der Waals surface area contributed by atoms with Crippen LogP contribution in [-0.4, -0.2) is 70.8 Å². The number of nitrogens with zero attached hydrogens (tertiary/aromatic N) is 4. The van der Waals surface area contributed by atoms with Crippen LogP contribution in [0, 0.1) is 17.3 Å². The lowest BCUT2D eigenvalue weighted by Gasteiger charge is -2.57. The molecule has 5 aliphatic rings. The van der Waals surface area contributed by atoms with Crippen molar-refractivity contribution in [1.82, 2.24) is 14.9 Å². The highest BCUT2D eigenvalue weighted by atomic mass is 19.4. The van der Waals surface area contributed by atoms with E-state index in [0.717, 1.165) is 37.8 Å². The standard InChI is InChI=1S/C34H46F3N7O2/c1-4-27-31(39-22-7-10-24(45)11-8-22)42-32(29(41-27)30(38)46)40-23-9-12-28(26(18-23)34(35,36)37)44-15-13-43(14-16-44)19-20-5-6-21-17-25(20)33(21,2)3/h5,9,12,18,21-22,24-25,45H,4,6-8,10-11,13-17,19H2,1-3H3,(H2,38,46)(H2,39,40,42)/t21-,22?,24?,25-/m0/s1. The van der Waals surface area contributed by atoms with Gasteiger partial charge in [-0.15, -0.1) is 0 Å². The molecular formula is C34H46F3N7O2. The minimum Gasteiger partial charge on any atom is -0.393 e. The number of aliphatic hydroxyl groups is 1. The van der Waals surface area contributed by atoms with Crippen molar-refractivity contribution in [2.75, 3.05) is 48.3 Å². The first kappa shape index (κ1) is 32.6. The topological polar surface area (TPSA) is 120 Å². The molecular weight excluding hydrogens is 595 g/mol. The van der Waals surface area contributed by atoms with E-state index in [4.69, 9.17) is 5.73 Å². The maximum atomic E-state index is 14.5. The number of piperazine rings is 1. The number of alkyl halides is 3. The molecule has 2 bridgehead atoms. The van der Waals surface area contributed by atoms with Gasteiger partial charge in [0.1, 0.15) is 5.82 Å². The molecule has 2 heterocycles. The molecule has 0 radical (unpaired) electrons. The van der Waals surface area contributed by atoms with Gasteiger partial charge < -0.3 is 26.4 Å². The van der Waals surface area contributed by atoms with Crippen molar-refractivity contribution in [3.63, 3.8) is 0 Å². The molecule has 1 amide bonds. The Kier molecular flexibility index (Phi) is 8.97. The quantitative estimate of drug-likeness (QED) is 0.257. The van der Waals surface area contributed by atoms with Crippen LogP contribution in [-0.2, 0) is 12.6 Å². The number of halogens is 3. The zero-order valence-corrected chi connectivity index (χ0v) is 27.0. The Balaban J connectivity index is 1.19. The van der Waals surface area contributed by atoms with Crippen LogP contribution < -0.4 is 21.3 Å². The molecule has 12 heteroatoms. The molecule has 3 fully saturated rings. The van der Waals surface area contributed by atoms with Gasteiger partial charge in [-0.3, -0.25) is 9.69 Å². The molecule has 9 nitrogen and oxygen atoms in total. The van der Waals surface area contributed by atoms with Gasteiger partial charge in [0.25, 0.3) is 5.91 Å². The summed E-state index contributed by atoms with van der Waals surface area (Å²) < 4.78 is 43.5. The fourth-order valence-corrected chi connectivity index (χ4v) is 7.82. The number of rotatable bonds is 9. The third-order valence-electron chi connectivity index (χ3n) is 10.8. The average Bonchev–Trinajstić information content (AvgIpc) is 3.02. The second-order valence-corrected chi connectivity index (χ2v) is 14.0. The van der Waals surface area contributed by atoms with Gasteiger partial charge in [0.05, 0.1) is 17.4 Å².